The van der Waals surface area contributed by atoms with Gasteiger partial charge in [0.1, 0.15) is 0 Å². The van der Waals surface area contributed by atoms with Crippen molar-refractivity contribution in [1.29, 1.82) is 5.26 Å². The largest absolute Gasteiger partial charge is 0.192 e. The SMILES string of the molecule is CC(C)CCCCc1ccc(C#N)cc1. The molecule has 1 heteroatoms. The molecular formula is C14H19N. The summed E-state index contributed by atoms with van der Waals surface area (Å²) in [6.45, 7) is 4.53. The quantitative estimate of drug-likeness (QED) is 0.662. The van der Waals surface area contributed by atoms with Gasteiger partial charge in [0.2, 0.25) is 0 Å². The van der Waals surface area contributed by atoms with Crippen LogP contribution in [0.25, 0.3) is 0 Å². The molecule has 0 N–H and O–H groups in total. The number of rotatable bonds is 5. The molecule has 0 fully saturated rings. The van der Waals surface area contributed by atoms with E-state index in [0.717, 1.165) is 17.9 Å². The van der Waals surface area contributed by atoms with E-state index in [1.807, 2.05) is 12.1 Å². The minimum Gasteiger partial charge on any atom is -0.192 e. The zero-order valence-electron chi connectivity index (χ0n) is 9.66. The highest BCUT2D eigenvalue weighted by molar-refractivity contribution is 5.31. The predicted octanol–water partition coefficient (Wildman–Crippen LogP) is 3.93. The smallest absolute Gasteiger partial charge is 0.0991 e. The highest BCUT2D eigenvalue weighted by atomic mass is 14.2. The van der Waals surface area contributed by atoms with Gasteiger partial charge in [-0.15, -0.1) is 0 Å². The summed E-state index contributed by atoms with van der Waals surface area (Å²) in [7, 11) is 0. The Kier molecular flexibility index (Phi) is 4.90. The molecule has 0 bridgehead atoms. The number of benzene rings is 1. The lowest BCUT2D eigenvalue weighted by Gasteiger charge is -2.04. The average Bonchev–Trinajstić information content (AvgIpc) is 2.25. The molecule has 0 heterocycles. The van der Waals surface area contributed by atoms with E-state index in [-0.39, 0.29) is 0 Å². The molecule has 0 atom stereocenters. The Morgan fingerprint density at radius 1 is 1.13 bits per heavy atom. The molecule has 80 valence electrons. The standard InChI is InChI=1S/C14H19N/c1-12(2)5-3-4-6-13-7-9-14(11-15)10-8-13/h7-10,12H,3-6H2,1-2H3. The van der Waals surface area contributed by atoms with Crippen LogP contribution >= 0.6 is 0 Å². The first-order valence-corrected chi connectivity index (χ1v) is 5.71. The molecule has 0 radical (unpaired) electrons. The molecule has 15 heavy (non-hydrogen) atoms. The lowest BCUT2D eigenvalue weighted by atomic mass is 10.0. The van der Waals surface area contributed by atoms with Gasteiger partial charge >= 0.3 is 0 Å². The Morgan fingerprint density at radius 3 is 2.33 bits per heavy atom. The Morgan fingerprint density at radius 2 is 1.80 bits per heavy atom. The number of nitriles is 1. The molecule has 1 aromatic carbocycles. The van der Waals surface area contributed by atoms with Gasteiger partial charge in [-0.05, 0) is 36.5 Å². The molecule has 0 aliphatic rings. The molecule has 1 aromatic rings. The van der Waals surface area contributed by atoms with Crippen LogP contribution in [0, 0.1) is 17.2 Å². The van der Waals surface area contributed by atoms with Gasteiger partial charge in [0.25, 0.3) is 0 Å². The van der Waals surface area contributed by atoms with Crippen molar-refractivity contribution in [1.82, 2.24) is 0 Å². The second-order valence-electron chi connectivity index (χ2n) is 4.45. The molecule has 0 aliphatic heterocycles. The highest BCUT2D eigenvalue weighted by Gasteiger charge is 1.96. The summed E-state index contributed by atoms with van der Waals surface area (Å²) in [5, 5.41) is 8.65. The normalized spacial score (nSPS) is 10.3. The van der Waals surface area contributed by atoms with Crippen molar-refractivity contribution in [2.24, 2.45) is 5.92 Å². The van der Waals surface area contributed by atoms with E-state index in [1.165, 1.54) is 24.8 Å². The molecule has 0 saturated heterocycles. The van der Waals surface area contributed by atoms with Crippen LogP contribution in [0.2, 0.25) is 0 Å². The fourth-order valence-corrected chi connectivity index (χ4v) is 1.63. The maximum absolute atomic E-state index is 8.65. The van der Waals surface area contributed by atoms with Gasteiger partial charge < -0.3 is 0 Å². The number of aryl methyl sites for hydroxylation is 1. The number of unbranched alkanes of at least 4 members (excludes halogenated alkanes) is 1. The minimum absolute atomic E-state index is 0.751. The van der Waals surface area contributed by atoms with Crippen molar-refractivity contribution in [3.8, 4) is 6.07 Å². The van der Waals surface area contributed by atoms with Crippen molar-refractivity contribution in [2.45, 2.75) is 39.5 Å². The van der Waals surface area contributed by atoms with E-state index >= 15 is 0 Å². The van der Waals surface area contributed by atoms with Gasteiger partial charge in [0.05, 0.1) is 11.6 Å². The molecule has 0 amide bonds. The van der Waals surface area contributed by atoms with Gasteiger partial charge in [0, 0.05) is 0 Å². The molecule has 0 aromatic heterocycles. The first kappa shape index (κ1) is 11.8. The fraction of sp³-hybridized carbons (Fsp3) is 0.500. The van der Waals surface area contributed by atoms with E-state index in [4.69, 9.17) is 5.26 Å². The Bertz CT molecular complexity index is 316. The lowest BCUT2D eigenvalue weighted by Crippen LogP contribution is -1.90. The van der Waals surface area contributed by atoms with E-state index in [2.05, 4.69) is 32.0 Å². The van der Waals surface area contributed by atoms with E-state index in [1.54, 1.807) is 0 Å². The van der Waals surface area contributed by atoms with E-state index in [9.17, 15) is 0 Å². The summed E-state index contributed by atoms with van der Waals surface area (Å²) in [5.74, 6) is 0.811. The predicted molar refractivity (Wildman–Crippen MR) is 63.6 cm³/mol. The molecule has 1 rings (SSSR count). The maximum Gasteiger partial charge on any atom is 0.0991 e. The van der Waals surface area contributed by atoms with Crippen molar-refractivity contribution >= 4 is 0 Å². The third-order valence-corrected chi connectivity index (χ3v) is 2.58. The van der Waals surface area contributed by atoms with Gasteiger partial charge in [-0.2, -0.15) is 5.26 Å². The van der Waals surface area contributed by atoms with Crippen molar-refractivity contribution in [2.75, 3.05) is 0 Å². The van der Waals surface area contributed by atoms with Crippen LogP contribution in [-0.2, 0) is 6.42 Å². The summed E-state index contributed by atoms with van der Waals surface area (Å²) in [5.41, 5.74) is 2.10. The first-order valence-electron chi connectivity index (χ1n) is 5.71. The Labute approximate surface area is 92.7 Å². The third-order valence-electron chi connectivity index (χ3n) is 2.58. The molecule has 0 unspecified atom stereocenters. The van der Waals surface area contributed by atoms with Gasteiger partial charge in [-0.25, -0.2) is 0 Å². The number of hydrogen-bond acceptors (Lipinski definition) is 1. The second kappa shape index (κ2) is 6.24. The summed E-state index contributed by atoms with van der Waals surface area (Å²) < 4.78 is 0. The number of nitrogens with zero attached hydrogens (tertiary/aromatic N) is 1. The van der Waals surface area contributed by atoms with Crippen LogP contribution < -0.4 is 0 Å². The van der Waals surface area contributed by atoms with Gasteiger partial charge in [-0.1, -0.05) is 38.8 Å². The number of hydrogen-bond donors (Lipinski definition) is 0. The molecule has 0 spiro atoms. The van der Waals surface area contributed by atoms with Crippen LogP contribution in [0.1, 0.15) is 44.2 Å². The molecular weight excluding hydrogens is 182 g/mol. The van der Waals surface area contributed by atoms with Gasteiger partial charge in [0.15, 0.2) is 0 Å². The van der Waals surface area contributed by atoms with Crippen LogP contribution in [0.5, 0.6) is 0 Å². The molecule has 0 saturated carbocycles. The van der Waals surface area contributed by atoms with Crippen LogP contribution in [-0.4, -0.2) is 0 Å². The van der Waals surface area contributed by atoms with Crippen LogP contribution in [0.15, 0.2) is 24.3 Å². The summed E-state index contributed by atoms with van der Waals surface area (Å²) in [6.07, 6.45) is 5.01. The van der Waals surface area contributed by atoms with E-state index < -0.39 is 0 Å². The Balaban J connectivity index is 2.29. The van der Waals surface area contributed by atoms with Crippen molar-refractivity contribution in [3.63, 3.8) is 0 Å². The Hall–Kier alpha value is -1.29. The highest BCUT2D eigenvalue weighted by Crippen LogP contribution is 2.11. The van der Waals surface area contributed by atoms with Crippen LogP contribution in [0.3, 0.4) is 0 Å². The van der Waals surface area contributed by atoms with Crippen LogP contribution in [0.4, 0.5) is 0 Å². The minimum atomic E-state index is 0.751. The zero-order chi connectivity index (χ0) is 11.1. The monoisotopic (exact) mass is 201 g/mol. The molecule has 0 aliphatic carbocycles. The van der Waals surface area contributed by atoms with Gasteiger partial charge in [-0.3, -0.25) is 0 Å². The molecule has 1 nitrogen and oxygen atoms in total. The summed E-state index contributed by atoms with van der Waals surface area (Å²) in [6, 6.07) is 10.1. The fourth-order valence-electron chi connectivity index (χ4n) is 1.63. The first-order chi connectivity index (χ1) is 7.22. The van der Waals surface area contributed by atoms with E-state index in [0.29, 0.717) is 0 Å². The average molecular weight is 201 g/mol. The zero-order valence-corrected chi connectivity index (χ0v) is 9.66. The maximum atomic E-state index is 8.65. The third kappa shape index (κ3) is 4.65. The van der Waals surface area contributed by atoms with Crippen molar-refractivity contribution in [3.05, 3.63) is 35.4 Å². The lowest BCUT2D eigenvalue weighted by molar-refractivity contribution is 0.538. The topological polar surface area (TPSA) is 23.8 Å². The second-order valence-corrected chi connectivity index (χ2v) is 4.45. The summed E-state index contributed by atoms with van der Waals surface area (Å²) >= 11 is 0. The summed E-state index contributed by atoms with van der Waals surface area (Å²) in [4.78, 5) is 0. The van der Waals surface area contributed by atoms with Crippen molar-refractivity contribution < 1.29 is 0 Å².